The first-order valence-corrected chi connectivity index (χ1v) is 7.56. The summed E-state index contributed by atoms with van der Waals surface area (Å²) in [7, 11) is 3.05. The van der Waals surface area contributed by atoms with E-state index in [2.05, 4.69) is 10.4 Å². The SMILES string of the molecule is COc1ccc(-c2cc(C(=O)O)n(C)n2)c(NC(=O)OC(C)(C)C)c1. The lowest BCUT2D eigenvalue weighted by Gasteiger charge is -2.20. The van der Waals surface area contributed by atoms with Crippen molar-refractivity contribution in [1.82, 2.24) is 9.78 Å². The lowest BCUT2D eigenvalue weighted by Crippen LogP contribution is -2.27. The first kappa shape index (κ1) is 18.3. The zero-order valence-electron chi connectivity index (χ0n) is 14.8. The standard InChI is InChI=1S/C17H21N3O5/c1-17(2,3)25-16(23)18-12-8-10(24-5)6-7-11(12)13-9-14(15(21)22)20(4)19-13/h6-9H,1-5H3,(H,18,23)(H,21,22). The second-order valence-corrected chi connectivity index (χ2v) is 6.38. The highest BCUT2D eigenvalue weighted by molar-refractivity contribution is 5.93. The lowest BCUT2D eigenvalue weighted by atomic mass is 10.1. The number of carboxylic acids is 1. The average Bonchev–Trinajstić information content (AvgIpc) is 2.87. The van der Waals surface area contributed by atoms with Gasteiger partial charge in [-0.15, -0.1) is 0 Å². The molecule has 0 bridgehead atoms. The Balaban J connectivity index is 2.43. The summed E-state index contributed by atoms with van der Waals surface area (Å²) < 4.78 is 11.7. The molecule has 0 unspecified atom stereocenters. The van der Waals surface area contributed by atoms with Gasteiger partial charge in [-0.3, -0.25) is 10.00 Å². The van der Waals surface area contributed by atoms with Crippen molar-refractivity contribution in [1.29, 1.82) is 0 Å². The van der Waals surface area contributed by atoms with Crippen molar-refractivity contribution in [2.24, 2.45) is 7.05 Å². The van der Waals surface area contributed by atoms with Gasteiger partial charge in [0.1, 0.15) is 17.0 Å². The highest BCUT2D eigenvalue weighted by Gasteiger charge is 2.20. The molecule has 0 aliphatic heterocycles. The van der Waals surface area contributed by atoms with Crippen LogP contribution >= 0.6 is 0 Å². The highest BCUT2D eigenvalue weighted by atomic mass is 16.6. The van der Waals surface area contributed by atoms with E-state index in [1.54, 1.807) is 39.0 Å². The third-order valence-electron chi connectivity index (χ3n) is 3.24. The van der Waals surface area contributed by atoms with Gasteiger partial charge in [0, 0.05) is 18.7 Å². The smallest absolute Gasteiger partial charge is 0.412 e. The molecule has 2 N–H and O–H groups in total. The molecule has 1 amide bonds. The Bertz CT molecular complexity index is 805. The zero-order valence-corrected chi connectivity index (χ0v) is 14.8. The number of aryl methyl sites for hydroxylation is 1. The van der Waals surface area contributed by atoms with E-state index >= 15 is 0 Å². The van der Waals surface area contributed by atoms with Crippen molar-refractivity contribution in [3.8, 4) is 17.0 Å². The first-order chi connectivity index (χ1) is 11.6. The molecule has 0 aliphatic rings. The molecule has 0 aliphatic carbocycles. The van der Waals surface area contributed by atoms with E-state index in [-0.39, 0.29) is 5.69 Å². The number of carboxylic acid groups (broad SMARTS) is 1. The van der Waals surface area contributed by atoms with E-state index < -0.39 is 17.7 Å². The van der Waals surface area contributed by atoms with Gasteiger partial charge in [-0.05, 0) is 39.0 Å². The fourth-order valence-corrected chi connectivity index (χ4v) is 2.19. The number of hydrogen-bond donors (Lipinski definition) is 2. The lowest BCUT2D eigenvalue weighted by molar-refractivity contribution is 0.0633. The first-order valence-electron chi connectivity index (χ1n) is 7.56. The van der Waals surface area contributed by atoms with E-state index in [1.165, 1.54) is 24.9 Å². The number of methoxy groups -OCH3 is 1. The molecule has 25 heavy (non-hydrogen) atoms. The fourth-order valence-electron chi connectivity index (χ4n) is 2.19. The van der Waals surface area contributed by atoms with Crippen molar-refractivity contribution in [2.75, 3.05) is 12.4 Å². The Kier molecular flexibility index (Phi) is 5.01. The quantitative estimate of drug-likeness (QED) is 0.881. The Morgan fingerprint density at radius 1 is 1.24 bits per heavy atom. The van der Waals surface area contributed by atoms with Crippen LogP contribution in [0.1, 0.15) is 31.3 Å². The van der Waals surface area contributed by atoms with Gasteiger partial charge in [0.15, 0.2) is 0 Å². The van der Waals surface area contributed by atoms with Crippen LogP contribution in [0.4, 0.5) is 10.5 Å². The van der Waals surface area contributed by atoms with Crippen LogP contribution < -0.4 is 10.1 Å². The summed E-state index contributed by atoms with van der Waals surface area (Å²) in [6.07, 6.45) is -0.628. The molecule has 1 aromatic heterocycles. The maximum atomic E-state index is 12.1. The predicted octanol–water partition coefficient (Wildman–Crippen LogP) is 3.14. The van der Waals surface area contributed by atoms with Crippen molar-refractivity contribution in [2.45, 2.75) is 26.4 Å². The van der Waals surface area contributed by atoms with Gasteiger partial charge in [-0.1, -0.05) is 0 Å². The highest BCUT2D eigenvalue weighted by Crippen LogP contribution is 2.31. The number of amides is 1. The second-order valence-electron chi connectivity index (χ2n) is 6.38. The van der Waals surface area contributed by atoms with Crippen LogP contribution in [0, 0.1) is 0 Å². The Labute approximate surface area is 145 Å². The van der Waals surface area contributed by atoms with Crippen LogP contribution in [0.2, 0.25) is 0 Å². The van der Waals surface area contributed by atoms with Gasteiger partial charge in [-0.2, -0.15) is 5.10 Å². The number of benzene rings is 1. The summed E-state index contributed by atoms with van der Waals surface area (Å²) in [4.78, 5) is 23.3. The molecule has 0 spiro atoms. The van der Waals surface area contributed by atoms with Gasteiger partial charge in [-0.25, -0.2) is 9.59 Å². The molecule has 2 aromatic rings. The predicted molar refractivity (Wildman–Crippen MR) is 92.0 cm³/mol. The summed E-state index contributed by atoms with van der Waals surface area (Å²) in [6.45, 7) is 5.28. The van der Waals surface area contributed by atoms with Crippen LogP contribution in [0.25, 0.3) is 11.3 Å². The number of anilines is 1. The molecule has 134 valence electrons. The van der Waals surface area contributed by atoms with Crippen molar-refractivity contribution in [3.05, 3.63) is 30.0 Å². The molecule has 0 radical (unpaired) electrons. The number of rotatable bonds is 4. The molecule has 8 nitrogen and oxygen atoms in total. The maximum Gasteiger partial charge on any atom is 0.412 e. The van der Waals surface area contributed by atoms with Crippen LogP contribution in [-0.2, 0) is 11.8 Å². The number of carbonyl (C=O) groups is 2. The molecular formula is C17H21N3O5. The Morgan fingerprint density at radius 3 is 2.44 bits per heavy atom. The number of ether oxygens (including phenoxy) is 2. The summed E-state index contributed by atoms with van der Waals surface area (Å²) in [6, 6.07) is 6.45. The van der Waals surface area contributed by atoms with Crippen molar-refractivity contribution >= 4 is 17.7 Å². The molecule has 0 fully saturated rings. The molecule has 8 heteroatoms. The third-order valence-corrected chi connectivity index (χ3v) is 3.24. The minimum Gasteiger partial charge on any atom is -0.497 e. The summed E-state index contributed by atoms with van der Waals surface area (Å²) in [5.74, 6) is -0.555. The van der Waals surface area contributed by atoms with E-state index in [1.807, 2.05) is 0 Å². The molecule has 1 heterocycles. The largest absolute Gasteiger partial charge is 0.497 e. The minimum absolute atomic E-state index is 0.0361. The van der Waals surface area contributed by atoms with Gasteiger partial charge in [0.05, 0.1) is 18.5 Å². The van der Waals surface area contributed by atoms with E-state index in [0.717, 1.165) is 0 Å². The Morgan fingerprint density at radius 2 is 1.92 bits per heavy atom. The second kappa shape index (κ2) is 6.84. The van der Waals surface area contributed by atoms with E-state index in [0.29, 0.717) is 22.7 Å². The fraction of sp³-hybridized carbons (Fsp3) is 0.353. The summed E-state index contributed by atoms with van der Waals surface area (Å²) >= 11 is 0. The molecule has 2 rings (SSSR count). The van der Waals surface area contributed by atoms with Gasteiger partial charge >= 0.3 is 12.1 Å². The zero-order chi connectivity index (χ0) is 18.8. The van der Waals surface area contributed by atoms with Crippen molar-refractivity contribution in [3.63, 3.8) is 0 Å². The van der Waals surface area contributed by atoms with Crippen LogP contribution in [0.3, 0.4) is 0 Å². The van der Waals surface area contributed by atoms with Crippen LogP contribution in [0.5, 0.6) is 5.75 Å². The van der Waals surface area contributed by atoms with Crippen LogP contribution in [-0.4, -0.2) is 39.7 Å². The average molecular weight is 347 g/mol. The number of hydrogen-bond acceptors (Lipinski definition) is 5. The number of nitrogens with zero attached hydrogens (tertiary/aromatic N) is 2. The third kappa shape index (κ3) is 4.50. The molecule has 0 saturated heterocycles. The topological polar surface area (TPSA) is 103 Å². The van der Waals surface area contributed by atoms with Crippen molar-refractivity contribution < 1.29 is 24.2 Å². The monoisotopic (exact) mass is 347 g/mol. The Hall–Kier alpha value is -3.03. The number of carbonyl (C=O) groups excluding carboxylic acids is 1. The molecular weight excluding hydrogens is 326 g/mol. The molecule has 1 aromatic carbocycles. The van der Waals surface area contributed by atoms with Crippen LogP contribution in [0.15, 0.2) is 24.3 Å². The summed E-state index contributed by atoms with van der Waals surface area (Å²) in [5.41, 5.74) is 0.756. The summed E-state index contributed by atoms with van der Waals surface area (Å²) in [5, 5.41) is 16.0. The van der Waals surface area contributed by atoms with Gasteiger partial charge < -0.3 is 14.6 Å². The molecule has 0 saturated carbocycles. The van der Waals surface area contributed by atoms with Gasteiger partial charge in [0.25, 0.3) is 0 Å². The molecule has 0 atom stereocenters. The van der Waals surface area contributed by atoms with E-state index in [9.17, 15) is 14.7 Å². The maximum absolute atomic E-state index is 12.1. The number of aromatic nitrogens is 2. The normalized spacial score (nSPS) is 11.1. The minimum atomic E-state index is -1.09. The number of aromatic carboxylic acids is 1. The van der Waals surface area contributed by atoms with E-state index in [4.69, 9.17) is 9.47 Å². The van der Waals surface area contributed by atoms with Gasteiger partial charge in [0.2, 0.25) is 0 Å². The number of nitrogens with one attached hydrogen (secondary N) is 1.